The molecule has 0 atom stereocenters. The molecule has 1 N–H and O–H groups in total. The van der Waals surface area contributed by atoms with Crippen LogP contribution < -0.4 is 4.72 Å². The van der Waals surface area contributed by atoms with E-state index in [0.29, 0.717) is 46.1 Å². The minimum absolute atomic E-state index is 0.160. The molecule has 0 saturated carbocycles. The molecule has 3 aromatic rings. The number of carbonyl (C=O) groups excluding carboxylic acids is 2. The van der Waals surface area contributed by atoms with Gasteiger partial charge >= 0.3 is 0 Å². The molecule has 6 nitrogen and oxygen atoms in total. The molecular weight excluding hydrogens is 440 g/mol. The molecule has 0 radical (unpaired) electrons. The fraction of sp³-hybridized carbons (Fsp3) is 0.238. The van der Waals surface area contributed by atoms with Gasteiger partial charge < -0.3 is 4.90 Å². The van der Waals surface area contributed by atoms with Crippen LogP contribution >= 0.6 is 22.7 Å². The maximum Gasteiger partial charge on any atom is 0.254 e. The number of thiophene rings is 2. The lowest BCUT2D eigenvalue weighted by molar-refractivity contribution is 0.0707. The first-order chi connectivity index (χ1) is 14.5. The number of ketones is 1. The molecule has 1 fully saturated rings. The summed E-state index contributed by atoms with van der Waals surface area (Å²) in [7, 11) is -3.53. The first-order valence-electron chi connectivity index (χ1n) is 9.48. The Morgan fingerprint density at radius 2 is 1.57 bits per heavy atom. The van der Waals surface area contributed by atoms with E-state index in [0.717, 1.165) is 0 Å². The van der Waals surface area contributed by atoms with Gasteiger partial charge in [0, 0.05) is 24.7 Å². The largest absolute Gasteiger partial charge is 0.339 e. The van der Waals surface area contributed by atoms with Gasteiger partial charge in [0.1, 0.15) is 4.21 Å². The number of hydrogen-bond donors (Lipinski definition) is 1. The van der Waals surface area contributed by atoms with Gasteiger partial charge in [-0.1, -0.05) is 30.3 Å². The SMILES string of the molecule is O=C(c1cccs1)c1ccccc1C(=O)N1CCC(NS(=O)(=O)c2cccs2)CC1. The number of sulfonamides is 1. The molecule has 0 bridgehead atoms. The van der Waals surface area contributed by atoms with E-state index >= 15 is 0 Å². The fourth-order valence-electron chi connectivity index (χ4n) is 3.47. The number of rotatable bonds is 6. The fourth-order valence-corrected chi connectivity index (χ4v) is 6.47. The summed E-state index contributed by atoms with van der Waals surface area (Å²) >= 11 is 2.53. The van der Waals surface area contributed by atoms with Crippen molar-refractivity contribution in [1.29, 1.82) is 0 Å². The monoisotopic (exact) mass is 460 g/mol. The predicted molar refractivity (Wildman–Crippen MR) is 118 cm³/mol. The third-order valence-corrected chi connectivity index (χ3v) is 8.80. The van der Waals surface area contributed by atoms with Crippen LogP contribution in [0.3, 0.4) is 0 Å². The van der Waals surface area contributed by atoms with Gasteiger partial charge in [-0.15, -0.1) is 22.7 Å². The van der Waals surface area contributed by atoms with E-state index in [1.165, 1.54) is 22.7 Å². The summed E-state index contributed by atoms with van der Waals surface area (Å²) in [6, 6.07) is 13.5. The molecule has 156 valence electrons. The average molecular weight is 461 g/mol. The molecule has 4 rings (SSSR count). The number of benzene rings is 1. The summed E-state index contributed by atoms with van der Waals surface area (Å²) in [4.78, 5) is 28.2. The van der Waals surface area contributed by atoms with Gasteiger partial charge in [0.05, 0.1) is 10.4 Å². The van der Waals surface area contributed by atoms with Gasteiger partial charge in [0.15, 0.2) is 0 Å². The van der Waals surface area contributed by atoms with Crippen molar-refractivity contribution in [3.05, 3.63) is 75.3 Å². The quantitative estimate of drug-likeness (QED) is 0.570. The van der Waals surface area contributed by atoms with Crippen molar-refractivity contribution in [3.8, 4) is 0 Å². The van der Waals surface area contributed by atoms with E-state index < -0.39 is 10.0 Å². The van der Waals surface area contributed by atoms with Crippen LogP contribution in [-0.4, -0.2) is 44.1 Å². The van der Waals surface area contributed by atoms with Crippen LogP contribution in [0.15, 0.2) is 63.5 Å². The van der Waals surface area contributed by atoms with Crippen molar-refractivity contribution in [2.75, 3.05) is 13.1 Å². The Hall–Kier alpha value is -2.33. The molecule has 1 saturated heterocycles. The van der Waals surface area contributed by atoms with E-state index in [9.17, 15) is 18.0 Å². The van der Waals surface area contributed by atoms with Crippen molar-refractivity contribution in [1.82, 2.24) is 9.62 Å². The van der Waals surface area contributed by atoms with Crippen molar-refractivity contribution < 1.29 is 18.0 Å². The number of hydrogen-bond acceptors (Lipinski definition) is 6. The lowest BCUT2D eigenvalue weighted by Crippen LogP contribution is -2.46. The number of piperidine rings is 1. The molecule has 0 spiro atoms. The van der Waals surface area contributed by atoms with Gasteiger partial charge in [-0.3, -0.25) is 9.59 Å². The second-order valence-electron chi connectivity index (χ2n) is 6.97. The van der Waals surface area contributed by atoms with E-state index in [1.54, 1.807) is 52.7 Å². The molecule has 0 aliphatic carbocycles. The molecule has 1 aromatic carbocycles. The highest BCUT2D eigenvalue weighted by molar-refractivity contribution is 7.91. The Labute approximate surface area is 183 Å². The molecule has 1 aliphatic heterocycles. The standard InChI is InChI=1S/C21H20N2O4S3/c24-20(18-7-3-13-28-18)16-5-1-2-6-17(16)21(25)23-11-9-15(10-12-23)22-30(26,27)19-8-4-14-29-19/h1-8,13-15,22H,9-12H2. The van der Waals surface area contributed by atoms with Crippen LogP contribution in [0, 0.1) is 0 Å². The topological polar surface area (TPSA) is 83.6 Å². The molecule has 0 unspecified atom stereocenters. The van der Waals surface area contributed by atoms with E-state index in [4.69, 9.17) is 0 Å². The number of nitrogens with one attached hydrogen (secondary N) is 1. The van der Waals surface area contributed by atoms with Crippen molar-refractivity contribution >= 4 is 44.4 Å². The lowest BCUT2D eigenvalue weighted by atomic mass is 9.99. The zero-order valence-electron chi connectivity index (χ0n) is 16.0. The summed E-state index contributed by atoms with van der Waals surface area (Å²) in [5.74, 6) is -0.359. The predicted octanol–water partition coefficient (Wildman–Crippen LogP) is 3.62. The second kappa shape index (κ2) is 8.81. The second-order valence-corrected chi connectivity index (χ2v) is 10.8. The molecular formula is C21H20N2O4S3. The van der Waals surface area contributed by atoms with Crippen LogP contribution in [0.5, 0.6) is 0 Å². The molecule has 9 heteroatoms. The van der Waals surface area contributed by atoms with E-state index in [1.807, 2.05) is 11.4 Å². The van der Waals surface area contributed by atoms with Crippen LogP contribution in [0.4, 0.5) is 0 Å². The van der Waals surface area contributed by atoms with E-state index in [2.05, 4.69) is 4.72 Å². The van der Waals surface area contributed by atoms with Crippen LogP contribution in [0.2, 0.25) is 0 Å². The first kappa shape index (κ1) is 20.9. The summed E-state index contributed by atoms with van der Waals surface area (Å²) in [6.45, 7) is 0.857. The molecule has 1 amide bonds. The third kappa shape index (κ3) is 4.39. The zero-order chi connectivity index (χ0) is 21.1. The van der Waals surface area contributed by atoms with Gasteiger partial charge in [0.25, 0.3) is 5.91 Å². The highest BCUT2D eigenvalue weighted by Crippen LogP contribution is 2.22. The van der Waals surface area contributed by atoms with Crippen LogP contribution in [0.25, 0.3) is 0 Å². The molecule has 3 heterocycles. The molecule has 1 aliphatic rings. The normalized spacial score (nSPS) is 15.3. The zero-order valence-corrected chi connectivity index (χ0v) is 18.4. The van der Waals surface area contributed by atoms with Gasteiger partial charge in [-0.2, -0.15) is 0 Å². The summed E-state index contributed by atoms with van der Waals surface area (Å²) in [6.07, 6.45) is 1.05. The summed E-state index contributed by atoms with van der Waals surface area (Å²) < 4.78 is 27.9. The number of likely N-dealkylation sites (tertiary alicyclic amines) is 1. The Morgan fingerprint density at radius 3 is 2.20 bits per heavy atom. The Kier molecular flexibility index (Phi) is 6.14. The van der Waals surface area contributed by atoms with Crippen molar-refractivity contribution in [2.45, 2.75) is 23.1 Å². The third-order valence-electron chi connectivity index (χ3n) is 5.01. The van der Waals surface area contributed by atoms with E-state index in [-0.39, 0.29) is 17.7 Å². The first-order valence-corrected chi connectivity index (χ1v) is 12.7. The Bertz CT molecular complexity index is 1130. The minimum atomic E-state index is -3.53. The minimum Gasteiger partial charge on any atom is -0.339 e. The highest BCUT2D eigenvalue weighted by Gasteiger charge is 2.29. The Morgan fingerprint density at radius 1 is 0.900 bits per heavy atom. The molecule has 30 heavy (non-hydrogen) atoms. The van der Waals surface area contributed by atoms with Crippen molar-refractivity contribution in [3.63, 3.8) is 0 Å². The van der Waals surface area contributed by atoms with Gasteiger partial charge in [-0.25, -0.2) is 13.1 Å². The summed E-state index contributed by atoms with van der Waals surface area (Å²) in [5, 5.41) is 3.56. The smallest absolute Gasteiger partial charge is 0.254 e. The maximum atomic E-state index is 13.1. The number of carbonyl (C=O) groups is 2. The van der Waals surface area contributed by atoms with Crippen LogP contribution in [0.1, 0.15) is 38.4 Å². The van der Waals surface area contributed by atoms with Crippen LogP contribution in [-0.2, 0) is 10.0 Å². The lowest BCUT2D eigenvalue weighted by Gasteiger charge is -2.32. The number of amides is 1. The summed E-state index contributed by atoms with van der Waals surface area (Å²) in [5.41, 5.74) is 0.777. The van der Waals surface area contributed by atoms with Crippen molar-refractivity contribution in [2.24, 2.45) is 0 Å². The molecule has 2 aromatic heterocycles. The number of nitrogens with zero attached hydrogens (tertiary/aromatic N) is 1. The highest BCUT2D eigenvalue weighted by atomic mass is 32.2. The van der Waals surface area contributed by atoms with Gasteiger partial charge in [-0.05, 0) is 41.8 Å². The van der Waals surface area contributed by atoms with Gasteiger partial charge in [0.2, 0.25) is 15.8 Å². The average Bonchev–Trinajstić information content (AvgIpc) is 3.47. The maximum absolute atomic E-state index is 13.1. The Balaban J connectivity index is 1.44.